The lowest BCUT2D eigenvalue weighted by atomic mass is 10.2. The lowest BCUT2D eigenvalue weighted by molar-refractivity contribution is -0.139. The highest BCUT2D eigenvalue weighted by molar-refractivity contribution is 7.13. The third kappa shape index (κ3) is 3.32. The number of carboxylic acids is 1. The summed E-state index contributed by atoms with van der Waals surface area (Å²) in [5.41, 5.74) is 0.686. The fraction of sp³-hybridized carbons (Fsp3) is 0.615. The Hall–Kier alpha value is -1.43. The van der Waals surface area contributed by atoms with E-state index < -0.39 is 12.0 Å². The molecule has 2 rings (SSSR count). The van der Waals surface area contributed by atoms with Crippen LogP contribution in [-0.4, -0.2) is 28.0 Å². The first-order chi connectivity index (χ1) is 9.02. The minimum Gasteiger partial charge on any atom is -0.480 e. The molecular weight excluding hydrogens is 264 g/mol. The van der Waals surface area contributed by atoms with Crippen LogP contribution in [0.5, 0.6) is 0 Å². The summed E-state index contributed by atoms with van der Waals surface area (Å²) < 4.78 is 0. The Morgan fingerprint density at radius 3 is 2.74 bits per heavy atom. The number of hydrogen-bond donors (Lipinski definition) is 2. The second-order valence-corrected chi connectivity index (χ2v) is 5.98. The number of aryl methyl sites for hydroxylation is 2. The maximum Gasteiger partial charge on any atom is 0.326 e. The van der Waals surface area contributed by atoms with Crippen LogP contribution < -0.4 is 5.32 Å². The molecule has 1 aromatic rings. The molecule has 0 aliphatic heterocycles. The van der Waals surface area contributed by atoms with E-state index in [1.54, 1.807) is 6.92 Å². The quantitative estimate of drug-likeness (QED) is 0.836. The normalized spacial score (nSPS) is 16.1. The summed E-state index contributed by atoms with van der Waals surface area (Å²) >= 11 is 1.36. The first-order valence-electron chi connectivity index (χ1n) is 6.53. The molecule has 1 aromatic heterocycles. The molecular formula is C13H18N2O3S. The van der Waals surface area contributed by atoms with Crippen molar-refractivity contribution < 1.29 is 14.7 Å². The van der Waals surface area contributed by atoms with Crippen molar-refractivity contribution in [3.8, 4) is 0 Å². The van der Waals surface area contributed by atoms with Gasteiger partial charge in [-0.2, -0.15) is 0 Å². The van der Waals surface area contributed by atoms with Crippen LogP contribution >= 0.6 is 11.3 Å². The molecule has 0 saturated heterocycles. The minimum absolute atomic E-state index is 0.0878. The molecule has 104 valence electrons. The Morgan fingerprint density at radius 1 is 1.53 bits per heavy atom. The third-order valence-electron chi connectivity index (χ3n) is 3.16. The maximum atomic E-state index is 12.1. The van der Waals surface area contributed by atoms with Crippen molar-refractivity contribution in [3.05, 3.63) is 15.6 Å². The Morgan fingerprint density at radius 2 is 2.21 bits per heavy atom. The summed E-state index contributed by atoms with van der Waals surface area (Å²) in [6, 6.07) is -0.761. The van der Waals surface area contributed by atoms with E-state index in [2.05, 4.69) is 17.2 Å². The van der Waals surface area contributed by atoms with Crippen molar-refractivity contribution in [3.63, 3.8) is 0 Å². The predicted octanol–water partition coefficient (Wildman–Crippen LogP) is 2.00. The van der Waals surface area contributed by atoms with Gasteiger partial charge in [0.25, 0.3) is 5.91 Å². The van der Waals surface area contributed by atoms with E-state index in [1.165, 1.54) is 11.3 Å². The van der Waals surface area contributed by atoms with E-state index in [4.69, 9.17) is 5.11 Å². The Kier molecular flexibility index (Phi) is 4.19. The highest BCUT2D eigenvalue weighted by atomic mass is 32.1. The SMILES string of the molecule is CCCc1nc(C)c(C(=O)NC(C(=O)O)C2CC2)s1. The molecule has 6 heteroatoms. The number of carbonyl (C=O) groups excluding carboxylic acids is 1. The molecule has 1 fully saturated rings. The van der Waals surface area contributed by atoms with Gasteiger partial charge in [0.05, 0.1) is 10.7 Å². The molecule has 1 amide bonds. The van der Waals surface area contributed by atoms with Crippen LogP contribution in [0, 0.1) is 12.8 Å². The highest BCUT2D eigenvalue weighted by Crippen LogP contribution is 2.33. The average Bonchev–Trinajstić information content (AvgIpc) is 3.10. The zero-order valence-corrected chi connectivity index (χ0v) is 11.9. The second kappa shape index (κ2) is 5.69. The predicted molar refractivity (Wildman–Crippen MR) is 72.5 cm³/mol. The molecule has 19 heavy (non-hydrogen) atoms. The molecule has 0 aromatic carbocycles. The first-order valence-corrected chi connectivity index (χ1v) is 7.34. The fourth-order valence-electron chi connectivity index (χ4n) is 2.00. The van der Waals surface area contributed by atoms with E-state index in [9.17, 15) is 9.59 Å². The van der Waals surface area contributed by atoms with Gasteiger partial charge in [-0.05, 0) is 38.5 Å². The molecule has 1 saturated carbocycles. The van der Waals surface area contributed by atoms with E-state index in [0.717, 1.165) is 30.7 Å². The van der Waals surface area contributed by atoms with Gasteiger partial charge in [0.1, 0.15) is 10.9 Å². The number of nitrogens with one attached hydrogen (secondary N) is 1. The van der Waals surface area contributed by atoms with Gasteiger partial charge in [-0.15, -0.1) is 11.3 Å². The fourth-order valence-corrected chi connectivity index (χ4v) is 3.07. The van der Waals surface area contributed by atoms with Crippen molar-refractivity contribution in [2.45, 2.75) is 45.6 Å². The van der Waals surface area contributed by atoms with Crippen molar-refractivity contribution >= 4 is 23.2 Å². The molecule has 1 atom stereocenters. The Balaban J connectivity index is 2.08. The van der Waals surface area contributed by atoms with E-state index in [0.29, 0.717) is 10.6 Å². The summed E-state index contributed by atoms with van der Waals surface area (Å²) in [6.07, 6.45) is 3.58. The minimum atomic E-state index is -0.952. The first kappa shape index (κ1) is 14.0. The molecule has 0 spiro atoms. The molecule has 5 nitrogen and oxygen atoms in total. The summed E-state index contributed by atoms with van der Waals surface area (Å²) in [6.45, 7) is 3.85. The van der Waals surface area contributed by atoms with Gasteiger partial charge in [-0.1, -0.05) is 6.92 Å². The van der Waals surface area contributed by atoms with Gasteiger partial charge in [0.15, 0.2) is 0 Å². The van der Waals surface area contributed by atoms with Crippen LogP contribution in [0.3, 0.4) is 0 Å². The van der Waals surface area contributed by atoms with Gasteiger partial charge in [0, 0.05) is 0 Å². The van der Waals surface area contributed by atoms with Crippen molar-refractivity contribution in [2.24, 2.45) is 5.92 Å². The number of thiazole rings is 1. The standard InChI is InChI=1S/C13H18N2O3S/c1-3-4-9-14-7(2)11(19-9)12(16)15-10(13(17)18)8-5-6-8/h8,10H,3-6H2,1-2H3,(H,15,16)(H,17,18). The van der Waals surface area contributed by atoms with Crippen LogP contribution in [0.4, 0.5) is 0 Å². The van der Waals surface area contributed by atoms with Crippen molar-refractivity contribution in [2.75, 3.05) is 0 Å². The number of nitrogens with zero attached hydrogens (tertiary/aromatic N) is 1. The third-order valence-corrected chi connectivity index (χ3v) is 4.37. The average molecular weight is 282 g/mol. The molecule has 2 N–H and O–H groups in total. The van der Waals surface area contributed by atoms with Gasteiger partial charge >= 0.3 is 5.97 Å². The van der Waals surface area contributed by atoms with Crippen molar-refractivity contribution in [1.82, 2.24) is 10.3 Å². The number of rotatable bonds is 6. The number of aliphatic carboxylic acids is 1. The van der Waals surface area contributed by atoms with Crippen LogP contribution in [0.15, 0.2) is 0 Å². The Labute approximate surface area is 116 Å². The number of hydrogen-bond acceptors (Lipinski definition) is 4. The Bertz CT molecular complexity index is 494. The molecule has 0 radical (unpaired) electrons. The highest BCUT2D eigenvalue weighted by Gasteiger charge is 2.37. The van der Waals surface area contributed by atoms with Crippen LogP contribution in [0.1, 0.15) is 46.6 Å². The maximum absolute atomic E-state index is 12.1. The zero-order valence-electron chi connectivity index (χ0n) is 11.1. The van der Waals surface area contributed by atoms with Crippen LogP contribution in [-0.2, 0) is 11.2 Å². The van der Waals surface area contributed by atoms with Gasteiger partial charge in [0.2, 0.25) is 0 Å². The van der Waals surface area contributed by atoms with Crippen LogP contribution in [0.2, 0.25) is 0 Å². The van der Waals surface area contributed by atoms with E-state index >= 15 is 0 Å². The molecule has 1 heterocycles. The summed E-state index contributed by atoms with van der Waals surface area (Å²) in [7, 11) is 0. The van der Waals surface area contributed by atoms with Gasteiger partial charge in [-0.25, -0.2) is 9.78 Å². The summed E-state index contributed by atoms with van der Waals surface area (Å²) in [4.78, 5) is 28.1. The summed E-state index contributed by atoms with van der Waals surface area (Å²) in [5, 5.41) is 12.7. The molecule has 0 bridgehead atoms. The zero-order chi connectivity index (χ0) is 14.0. The van der Waals surface area contributed by atoms with E-state index in [1.807, 2.05) is 0 Å². The molecule has 1 unspecified atom stereocenters. The lowest BCUT2D eigenvalue weighted by Gasteiger charge is -2.12. The number of carbonyl (C=O) groups is 2. The monoisotopic (exact) mass is 282 g/mol. The van der Waals surface area contributed by atoms with Gasteiger partial charge < -0.3 is 10.4 Å². The number of aromatic nitrogens is 1. The number of amides is 1. The van der Waals surface area contributed by atoms with Gasteiger partial charge in [-0.3, -0.25) is 4.79 Å². The molecule has 1 aliphatic carbocycles. The summed E-state index contributed by atoms with van der Waals surface area (Å²) in [5.74, 6) is -1.17. The van der Waals surface area contributed by atoms with Crippen LogP contribution in [0.25, 0.3) is 0 Å². The lowest BCUT2D eigenvalue weighted by Crippen LogP contribution is -2.42. The molecule has 1 aliphatic rings. The number of carboxylic acid groups (broad SMARTS) is 1. The largest absolute Gasteiger partial charge is 0.480 e. The van der Waals surface area contributed by atoms with Crippen molar-refractivity contribution in [1.29, 1.82) is 0 Å². The van der Waals surface area contributed by atoms with E-state index in [-0.39, 0.29) is 11.8 Å². The topological polar surface area (TPSA) is 79.3 Å². The smallest absolute Gasteiger partial charge is 0.326 e. The second-order valence-electron chi connectivity index (χ2n) is 4.90.